The number of hydrogen-bond donors (Lipinski definition) is 0. The van der Waals surface area contributed by atoms with Crippen LogP contribution >= 0.6 is 0 Å². The fourth-order valence-electron chi connectivity index (χ4n) is 1.46. The zero-order valence-electron chi connectivity index (χ0n) is 11.8. The van der Waals surface area contributed by atoms with Crippen LogP contribution in [0.2, 0.25) is 0 Å². The minimum absolute atomic E-state index is 0.00943. The highest BCUT2D eigenvalue weighted by molar-refractivity contribution is 5.79. The zero-order valence-corrected chi connectivity index (χ0v) is 11.8. The van der Waals surface area contributed by atoms with Crippen LogP contribution in [0.15, 0.2) is 23.9 Å². The molecule has 0 aliphatic rings. The highest BCUT2D eigenvalue weighted by Crippen LogP contribution is 2.12. The smallest absolute Gasteiger partial charge is 0.329 e. The molecule has 4 heteroatoms. The average molecular weight is 253 g/mol. The van der Waals surface area contributed by atoms with Gasteiger partial charge in [-0.25, -0.2) is 4.79 Å². The lowest BCUT2D eigenvalue weighted by Gasteiger charge is -2.26. The molecule has 0 aromatic carbocycles. The van der Waals surface area contributed by atoms with Gasteiger partial charge in [0, 0.05) is 6.20 Å². The summed E-state index contributed by atoms with van der Waals surface area (Å²) in [5, 5.41) is 0. The Labute approximate surface area is 109 Å². The van der Waals surface area contributed by atoms with E-state index in [2.05, 4.69) is 0 Å². The van der Waals surface area contributed by atoms with E-state index < -0.39 is 6.04 Å². The predicted octanol–water partition coefficient (Wildman–Crippen LogP) is 2.51. The topological polar surface area (TPSA) is 46.6 Å². The van der Waals surface area contributed by atoms with Crippen molar-refractivity contribution in [1.82, 2.24) is 4.90 Å². The highest BCUT2D eigenvalue weighted by Gasteiger charge is 2.28. The van der Waals surface area contributed by atoms with Crippen molar-refractivity contribution in [3.8, 4) is 0 Å². The van der Waals surface area contributed by atoms with Gasteiger partial charge in [-0.05, 0) is 32.8 Å². The Bertz CT molecular complexity index is 332. The second kappa shape index (κ2) is 8.50. The van der Waals surface area contributed by atoms with Gasteiger partial charge in [-0.3, -0.25) is 4.79 Å². The first-order chi connectivity index (χ1) is 8.47. The lowest BCUT2D eigenvalue weighted by Crippen LogP contribution is -2.42. The molecule has 0 spiro atoms. The molecule has 0 saturated heterocycles. The Kier molecular flexibility index (Phi) is 7.76. The molecule has 0 heterocycles. The van der Waals surface area contributed by atoms with Crippen molar-refractivity contribution in [3.05, 3.63) is 23.9 Å². The molecule has 0 rings (SSSR count). The lowest BCUT2D eigenvalue weighted by atomic mass is 10.0. The van der Waals surface area contributed by atoms with Crippen LogP contribution in [0.4, 0.5) is 0 Å². The molecule has 0 aromatic heterocycles. The molecule has 18 heavy (non-hydrogen) atoms. The van der Waals surface area contributed by atoms with Gasteiger partial charge in [0.25, 0.3) is 0 Å². The molecule has 102 valence electrons. The quantitative estimate of drug-likeness (QED) is 0.398. The van der Waals surface area contributed by atoms with Gasteiger partial charge >= 0.3 is 5.97 Å². The number of carbonyl (C=O) groups is 2. The van der Waals surface area contributed by atoms with E-state index in [1.807, 2.05) is 33.8 Å². The summed E-state index contributed by atoms with van der Waals surface area (Å²) in [5.41, 5.74) is 1.02. The summed E-state index contributed by atoms with van der Waals surface area (Å²) >= 11 is 0. The molecule has 0 saturated carbocycles. The van der Waals surface area contributed by atoms with Crippen LogP contribution in [0.3, 0.4) is 0 Å². The minimum atomic E-state index is -0.580. The van der Waals surface area contributed by atoms with Crippen LogP contribution < -0.4 is 0 Å². The number of amides is 1. The van der Waals surface area contributed by atoms with Gasteiger partial charge < -0.3 is 9.64 Å². The molecule has 1 amide bonds. The summed E-state index contributed by atoms with van der Waals surface area (Å²) in [6.45, 7) is 9.67. The van der Waals surface area contributed by atoms with E-state index in [1.165, 1.54) is 4.90 Å². The maximum Gasteiger partial charge on any atom is 0.329 e. The van der Waals surface area contributed by atoms with Crippen LogP contribution in [0.25, 0.3) is 0 Å². The first-order valence-corrected chi connectivity index (χ1v) is 6.18. The molecule has 4 nitrogen and oxygen atoms in total. The molecule has 0 bridgehead atoms. The number of hydrogen-bond acceptors (Lipinski definition) is 3. The van der Waals surface area contributed by atoms with E-state index in [0.29, 0.717) is 13.0 Å². The second-order valence-electron chi connectivity index (χ2n) is 4.34. The number of carbonyl (C=O) groups excluding carboxylic acids is 2. The van der Waals surface area contributed by atoms with Crippen molar-refractivity contribution >= 4 is 12.4 Å². The fraction of sp³-hybridized carbons (Fsp3) is 0.571. The monoisotopic (exact) mass is 253 g/mol. The summed E-state index contributed by atoms with van der Waals surface area (Å²) in [7, 11) is 0. The van der Waals surface area contributed by atoms with E-state index >= 15 is 0 Å². The van der Waals surface area contributed by atoms with Gasteiger partial charge in [0.05, 0.1) is 6.61 Å². The number of rotatable bonds is 7. The lowest BCUT2D eigenvalue weighted by molar-refractivity contribution is -0.152. The third-order valence-electron chi connectivity index (χ3n) is 2.57. The molecule has 0 aliphatic carbocycles. The standard InChI is InChI=1S/C14H23NO3/c1-6-12(5)8-9-15(10-16)13(11(3)4)14(17)18-7-2/h6,8-11,13H,7H2,1-5H3/b9-8-,12-6-. The minimum Gasteiger partial charge on any atom is -0.464 e. The molecule has 0 aromatic rings. The van der Waals surface area contributed by atoms with Crippen molar-refractivity contribution in [2.45, 2.75) is 40.7 Å². The maximum atomic E-state index is 11.8. The van der Waals surface area contributed by atoms with Crippen LogP contribution in [0.5, 0.6) is 0 Å². The van der Waals surface area contributed by atoms with Crippen molar-refractivity contribution in [2.24, 2.45) is 5.92 Å². The number of allylic oxidation sites excluding steroid dienone is 3. The molecule has 1 atom stereocenters. The van der Waals surface area contributed by atoms with Gasteiger partial charge in [-0.1, -0.05) is 25.5 Å². The molecule has 1 unspecified atom stereocenters. The third kappa shape index (κ3) is 5.17. The van der Waals surface area contributed by atoms with Crippen LogP contribution in [0.1, 0.15) is 34.6 Å². The highest BCUT2D eigenvalue weighted by atomic mass is 16.5. The van der Waals surface area contributed by atoms with Gasteiger partial charge in [0.1, 0.15) is 6.04 Å². The fourth-order valence-corrected chi connectivity index (χ4v) is 1.46. The van der Waals surface area contributed by atoms with Crippen LogP contribution in [-0.4, -0.2) is 29.9 Å². The van der Waals surface area contributed by atoms with Crippen molar-refractivity contribution in [2.75, 3.05) is 6.61 Å². The van der Waals surface area contributed by atoms with Crippen molar-refractivity contribution in [3.63, 3.8) is 0 Å². The average Bonchev–Trinajstić information content (AvgIpc) is 2.33. The normalized spacial score (nSPS) is 13.8. The van der Waals surface area contributed by atoms with Crippen molar-refractivity contribution in [1.29, 1.82) is 0 Å². The molecule has 0 N–H and O–H groups in total. The molecular formula is C14H23NO3. The van der Waals surface area contributed by atoms with Crippen LogP contribution in [0, 0.1) is 5.92 Å². The first-order valence-electron chi connectivity index (χ1n) is 6.18. The van der Waals surface area contributed by atoms with Gasteiger partial charge in [-0.15, -0.1) is 0 Å². The van der Waals surface area contributed by atoms with E-state index in [-0.39, 0.29) is 11.9 Å². The zero-order chi connectivity index (χ0) is 14.1. The second-order valence-corrected chi connectivity index (χ2v) is 4.34. The summed E-state index contributed by atoms with van der Waals surface area (Å²) < 4.78 is 4.99. The molecule has 0 aliphatic heterocycles. The van der Waals surface area contributed by atoms with Gasteiger partial charge in [-0.2, -0.15) is 0 Å². The molecule has 0 fully saturated rings. The number of nitrogens with zero attached hydrogens (tertiary/aromatic N) is 1. The molecule has 0 radical (unpaired) electrons. The van der Waals surface area contributed by atoms with E-state index in [0.717, 1.165) is 5.57 Å². The van der Waals surface area contributed by atoms with E-state index in [9.17, 15) is 9.59 Å². The summed E-state index contributed by atoms with van der Waals surface area (Å²) in [6, 6.07) is -0.580. The van der Waals surface area contributed by atoms with Gasteiger partial charge in [0.2, 0.25) is 6.41 Å². The summed E-state index contributed by atoms with van der Waals surface area (Å²) in [5.74, 6) is -0.382. The van der Waals surface area contributed by atoms with Crippen LogP contribution in [-0.2, 0) is 14.3 Å². The predicted molar refractivity (Wildman–Crippen MR) is 71.7 cm³/mol. The number of ether oxygens (including phenoxy) is 1. The largest absolute Gasteiger partial charge is 0.464 e. The Balaban J connectivity index is 5.00. The SMILES string of the molecule is C/C=C(C)\C=C/N(C=O)C(C(=O)OCC)C(C)C. The van der Waals surface area contributed by atoms with E-state index in [4.69, 9.17) is 4.74 Å². The van der Waals surface area contributed by atoms with Crippen molar-refractivity contribution < 1.29 is 14.3 Å². The number of esters is 1. The Morgan fingerprint density at radius 1 is 1.39 bits per heavy atom. The summed E-state index contributed by atoms with van der Waals surface area (Å²) in [6.07, 6.45) is 5.99. The Morgan fingerprint density at radius 2 is 2.00 bits per heavy atom. The van der Waals surface area contributed by atoms with Gasteiger partial charge in [0.15, 0.2) is 0 Å². The van der Waals surface area contributed by atoms with E-state index in [1.54, 1.807) is 19.2 Å². The third-order valence-corrected chi connectivity index (χ3v) is 2.57. The summed E-state index contributed by atoms with van der Waals surface area (Å²) in [4.78, 5) is 24.3. The molecular weight excluding hydrogens is 230 g/mol. The maximum absolute atomic E-state index is 11.8. The first kappa shape index (κ1) is 16.4. The Hall–Kier alpha value is -1.58. The Morgan fingerprint density at radius 3 is 2.39 bits per heavy atom.